The molecule has 4 rings (SSSR count). The number of benzene rings is 3. The number of hydrogen-bond donors (Lipinski definition) is 1. The van der Waals surface area contributed by atoms with E-state index in [0.29, 0.717) is 11.7 Å². The molecule has 0 spiro atoms. The Morgan fingerprint density at radius 3 is 2.48 bits per heavy atom. The number of para-hydroxylation sites is 1. The number of furan rings is 1. The van der Waals surface area contributed by atoms with Crippen molar-refractivity contribution in [2.75, 3.05) is 11.9 Å². The van der Waals surface area contributed by atoms with Crippen LogP contribution < -0.4 is 10.1 Å². The highest BCUT2D eigenvalue weighted by atomic mass is 16.5. The predicted octanol–water partition coefficient (Wildman–Crippen LogP) is 5.73. The summed E-state index contributed by atoms with van der Waals surface area (Å²) in [7, 11) is 0. The van der Waals surface area contributed by atoms with E-state index >= 15 is 0 Å². The van der Waals surface area contributed by atoms with E-state index < -0.39 is 0 Å². The van der Waals surface area contributed by atoms with Crippen LogP contribution in [0.25, 0.3) is 21.9 Å². The molecule has 4 nitrogen and oxygen atoms in total. The van der Waals surface area contributed by atoms with E-state index in [9.17, 15) is 4.79 Å². The maximum absolute atomic E-state index is 12.2. The number of carbonyl (C=O) groups excluding carboxylic acids is 1. The molecule has 136 valence electrons. The van der Waals surface area contributed by atoms with E-state index in [1.54, 1.807) is 0 Å². The van der Waals surface area contributed by atoms with Gasteiger partial charge >= 0.3 is 0 Å². The minimum Gasteiger partial charge on any atom is -0.484 e. The van der Waals surface area contributed by atoms with Gasteiger partial charge in [0.15, 0.2) is 6.61 Å². The van der Waals surface area contributed by atoms with Crippen LogP contribution in [0.15, 0.2) is 71.1 Å². The van der Waals surface area contributed by atoms with Gasteiger partial charge in [-0.05, 0) is 47.9 Å². The number of ether oxygens (including phenoxy) is 1. The Morgan fingerprint density at radius 1 is 0.963 bits per heavy atom. The lowest BCUT2D eigenvalue weighted by atomic mass is 10.0. The fourth-order valence-corrected chi connectivity index (χ4v) is 3.09. The van der Waals surface area contributed by atoms with E-state index in [2.05, 4.69) is 19.2 Å². The maximum atomic E-state index is 12.2. The molecule has 4 aromatic rings. The topological polar surface area (TPSA) is 51.5 Å². The van der Waals surface area contributed by atoms with Crippen molar-refractivity contribution in [1.29, 1.82) is 0 Å². The highest BCUT2D eigenvalue weighted by Crippen LogP contribution is 2.31. The van der Waals surface area contributed by atoms with Crippen LogP contribution in [0.3, 0.4) is 0 Å². The van der Waals surface area contributed by atoms with Crippen molar-refractivity contribution < 1.29 is 13.9 Å². The Kier molecular flexibility index (Phi) is 4.55. The Balaban J connectivity index is 1.43. The van der Waals surface area contributed by atoms with Gasteiger partial charge in [0.05, 0.1) is 0 Å². The van der Waals surface area contributed by atoms with Gasteiger partial charge in [-0.1, -0.05) is 44.2 Å². The number of anilines is 1. The second-order valence-corrected chi connectivity index (χ2v) is 6.87. The molecule has 4 heteroatoms. The molecule has 0 atom stereocenters. The lowest BCUT2D eigenvalue weighted by Gasteiger charge is -2.09. The van der Waals surface area contributed by atoms with Crippen molar-refractivity contribution in [3.8, 4) is 5.75 Å². The molecule has 0 unspecified atom stereocenters. The van der Waals surface area contributed by atoms with Crippen LogP contribution >= 0.6 is 0 Å². The van der Waals surface area contributed by atoms with Gasteiger partial charge in [-0.15, -0.1) is 0 Å². The second kappa shape index (κ2) is 7.16. The fourth-order valence-electron chi connectivity index (χ4n) is 3.09. The number of hydrogen-bond acceptors (Lipinski definition) is 3. The number of carbonyl (C=O) groups is 1. The van der Waals surface area contributed by atoms with Crippen LogP contribution in [0, 0.1) is 0 Å². The summed E-state index contributed by atoms with van der Waals surface area (Å²) in [5, 5.41) is 4.87. The highest BCUT2D eigenvalue weighted by molar-refractivity contribution is 6.05. The lowest BCUT2D eigenvalue weighted by molar-refractivity contribution is -0.118. The molecule has 0 bridgehead atoms. The van der Waals surface area contributed by atoms with Gasteiger partial charge in [-0.2, -0.15) is 0 Å². The number of amides is 1. The quantitative estimate of drug-likeness (QED) is 0.495. The Bertz CT molecular complexity index is 1090. The first-order chi connectivity index (χ1) is 13.1. The van der Waals surface area contributed by atoms with E-state index in [1.165, 1.54) is 5.56 Å². The molecule has 0 fully saturated rings. The SMILES string of the molecule is CC(C)c1ccc(NC(=O)COc2ccc3oc4ccccc4c3c2)cc1. The van der Waals surface area contributed by atoms with E-state index in [-0.39, 0.29) is 12.5 Å². The molecule has 0 aliphatic heterocycles. The molecule has 0 saturated heterocycles. The summed E-state index contributed by atoms with van der Waals surface area (Å²) in [6, 6.07) is 21.3. The van der Waals surface area contributed by atoms with Crippen molar-refractivity contribution in [1.82, 2.24) is 0 Å². The fraction of sp³-hybridized carbons (Fsp3) is 0.174. The average molecular weight is 359 g/mol. The van der Waals surface area contributed by atoms with Gasteiger partial charge < -0.3 is 14.5 Å². The summed E-state index contributed by atoms with van der Waals surface area (Å²) in [6.07, 6.45) is 0. The summed E-state index contributed by atoms with van der Waals surface area (Å²) < 4.78 is 11.5. The third-order valence-electron chi connectivity index (χ3n) is 4.58. The Hall–Kier alpha value is -3.27. The molecular weight excluding hydrogens is 338 g/mol. The molecule has 1 N–H and O–H groups in total. The van der Waals surface area contributed by atoms with Gasteiger partial charge in [0.1, 0.15) is 16.9 Å². The minimum absolute atomic E-state index is 0.0484. The largest absolute Gasteiger partial charge is 0.484 e. The molecule has 27 heavy (non-hydrogen) atoms. The maximum Gasteiger partial charge on any atom is 0.262 e. The molecule has 3 aromatic carbocycles. The molecule has 1 aromatic heterocycles. The normalized spacial score (nSPS) is 11.2. The Morgan fingerprint density at radius 2 is 1.70 bits per heavy atom. The summed E-state index contributed by atoms with van der Waals surface area (Å²) in [5.41, 5.74) is 3.65. The first-order valence-electron chi connectivity index (χ1n) is 9.04. The second-order valence-electron chi connectivity index (χ2n) is 6.87. The summed E-state index contributed by atoms with van der Waals surface area (Å²) in [6.45, 7) is 4.23. The van der Waals surface area contributed by atoms with Crippen LogP contribution in [-0.4, -0.2) is 12.5 Å². The summed E-state index contributed by atoms with van der Waals surface area (Å²) in [4.78, 5) is 12.2. The van der Waals surface area contributed by atoms with Crippen molar-refractivity contribution in [3.63, 3.8) is 0 Å². The molecule has 0 saturated carbocycles. The lowest BCUT2D eigenvalue weighted by Crippen LogP contribution is -2.20. The van der Waals surface area contributed by atoms with Crippen LogP contribution in [0.2, 0.25) is 0 Å². The van der Waals surface area contributed by atoms with Gasteiger partial charge in [-0.25, -0.2) is 0 Å². The first-order valence-corrected chi connectivity index (χ1v) is 9.04. The molecule has 1 heterocycles. The highest BCUT2D eigenvalue weighted by Gasteiger charge is 2.09. The van der Waals surface area contributed by atoms with Crippen molar-refractivity contribution in [3.05, 3.63) is 72.3 Å². The molecule has 0 aliphatic carbocycles. The molecule has 0 aliphatic rings. The standard InChI is InChI=1S/C23H21NO3/c1-15(2)16-7-9-17(10-8-16)24-23(25)14-26-18-11-12-22-20(13-18)19-5-3-4-6-21(19)27-22/h3-13,15H,14H2,1-2H3,(H,24,25). The molecular formula is C23H21NO3. The number of rotatable bonds is 5. The molecule has 0 radical (unpaired) electrons. The third kappa shape index (κ3) is 3.65. The molecule has 1 amide bonds. The first kappa shape index (κ1) is 17.2. The number of fused-ring (bicyclic) bond motifs is 3. The monoisotopic (exact) mass is 359 g/mol. The predicted molar refractivity (Wildman–Crippen MR) is 108 cm³/mol. The van der Waals surface area contributed by atoms with Crippen molar-refractivity contribution >= 4 is 33.5 Å². The smallest absolute Gasteiger partial charge is 0.262 e. The van der Waals surface area contributed by atoms with Gasteiger partial charge in [0.25, 0.3) is 5.91 Å². The van der Waals surface area contributed by atoms with Crippen LogP contribution in [0.5, 0.6) is 5.75 Å². The van der Waals surface area contributed by atoms with E-state index in [0.717, 1.165) is 27.6 Å². The van der Waals surface area contributed by atoms with Gasteiger partial charge in [0, 0.05) is 16.5 Å². The van der Waals surface area contributed by atoms with Crippen LogP contribution in [-0.2, 0) is 4.79 Å². The summed E-state index contributed by atoms with van der Waals surface area (Å²) >= 11 is 0. The number of nitrogens with one attached hydrogen (secondary N) is 1. The Labute approximate surface area is 157 Å². The zero-order valence-electron chi connectivity index (χ0n) is 15.4. The minimum atomic E-state index is -0.190. The van der Waals surface area contributed by atoms with Crippen LogP contribution in [0.1, 0.15) is 25.3 Å². The zero-order valence-corrected chi connectivity index (χ0v) is 15.4. The zero-order chi connectivity index (χ0) is 18.8. The van der Waals surface area contributed by atoms with Gasteiger partial charge in [0.2, 0.25) is 0 Å². The van der Waals surface area contributed by atoms with Crippen LogP contribution in [0.4, 0.5) is 5.69 Å². The van der Waals surface area contributed by atoms with E-state index in [1.807, 2.05) is 66.7 Å². The van der Waals surface area contributed by atoms with Crippen molar-refractivity contribution in [2.24, 2.45) is 0 Å². The summed E-state index contributed by atoms with van der Waals surface area (Å²) in [5.74, 6) is 0.913. The van der Waals surface area contributed by atoms with Crippen molar-refractivity contribution in [2.45, 2.75) is 19.8 Å². The average Bonchev–Trinajstić information content (AvgIpc) is 3.05. The van der Waals surface area contributed by atoms with E-state index in [4.69, 9.17) is 9.15 Å². The van der Waals surface area contributed by atoms with Gasteiger partial charge in [-0.3, -0.25) is 4.79 Å². The third-order valence-corrected chi connectivity index (χ3v) is 4.58.